The second-order valence-corrected chi connectivity index (χ2v) is 5.04. The van der Waals surface area contributed by atoms with Crippen molar-refractivity contribution in [1.29, 1.82) is 5.26 Å². The number of benzene rings is 1. The quantitative estimate of drug-likeness (QED) is 0.866. The molecule has 1 N–H and O–H groups in total. The third kappa shape index (κ3) is 3.36. The van der Waals surface area contributed by atoms with E-state index in [0.29, 0.717) is 26.2 Å². The summed E-state index contributed by atoms with van der Waals surface area (Å²) in [5.41, 5.74) is 0.810. The van der Waals surface area contributed by atoms with Crippen molar-refractivity contribution in [3.8, 4) is 6.07 Å². The highest BCUT2D eigenvalue weighted by Crippen LogP contribution is 2.20. The number of carbonyl (C=O) groups excluding carboxylic acids is 1. The largest absolute Gasteiger partial charge is 0.304 e. The summed E-state index contributed by atoms with van der Waals surface area (Å²) in [4.78, 5) is 20.1. The van der Waals surface area contributed by atoms with Gasteiger partial charge in [0.15, 0.2) is 5.82 Å². The van der Waals surface area contributed by atoms with Crippen LogP contribution in [0.2, 0.25) is 0 Å². The third-order valence-electron chi connectivity index (χ3n) is 2.19. The Labute approximate surface area is 125 Å². The molecule has 0 saturated heterocycles. The fourth-order valence-electron chi connectivity index (χ4n) is 1.34. The lowest BCUT2D eigenvalue weighted by Crippen LogP contribution is -2.14. The minimum absolute atomic E-state index is 0.315. The summed E-state index contributed by atoms with van der Waals surface area (Å²) in [5, 5.41) is 11.4. The first-order valence-corrected chi connectivity index (χ1v) is 6.68. The van der Waals surface area contributed by atoms with Crippen LogP contribution in [-0.4, -0.2) is 15.9 Å². The SMILES string of the molecule is N#Cc1cccc(C(=O)Nc2ncc(Br)nc2Br)c1. The Kier molecular flexibility index (Phi) is 4.24. The van der Waals surface area contributed by atoms with Crippen molar-refractivity contribution in [2.24, 2.45) is 0 Å². The monoisotopic (exact) mass is 380 g/mol. The van der Waals surface area contributed by atoms with Gasteiger partial charge in [-0.2, -0.15) is 5.26 Å². The molecule has 2 aromatic rings. The summed E-state index contributed by atoms with van der Waals surface area (Å²) in [6.07, 6.45) is 1.48. The topological polar surface area (TPSA) is 78.7 Å². The summed E-state index contributed by atoms with van der Waals surface area (Å²) in [7, 11) is 0. The number of amides is 1. The first-order valence-electron chi connectivity index (χ1n) is 5.09. The van der Waals surface area contributed by atoms with Crippen LogP contribution in [0.4, 0.5) is 5.82 Å². The molecule has 0 aliphatic carbocycles. The minimum Gasteiger partial charge on any atom is -0.304 e. The molecule has 94 valence electrons. The molecular weight excluding hydrogens is 376 g/mol. The lowest BCUT2D eigenvalue weighted by atomic mass is 10.1. The van der Waals surface area contributed by atoms with Gasteiger partial charge in [0.05, 0.1) is 17.8 Å². The van der Waals surface area contributed by atoms with Crippen molar-refractivity contribution < 1.29 is 4.79 Å². The lowest BCUT2D eigenvalue weighted by molar-refractivity contribution is 0.102. The Morgan fingerprint density at radius 3 is 2.84 bits per heavy atom. The Bertz CT molecular complexity index is 682. The Balaban J connectivity index is 2.23. The number of hydrogen-bond acceptors (Lipinski definition) is 4. The number of hydrogen-bond donors (Lipinski definition) is 1. The van der Waals surface area contributed by atoms with E-state index in [1.54, 1.807) is 18.2 Å². The van der Waals surface area contributed by atoms with Crippen LogP contribution in [0.3, 0.4) is 0 Å². The molecule has 0 fully saturated rings. The van der Waals surface area contributed by atoms with Crippen LogP contribution >= 0.6 is 31.9 Å². The molecule has 1 heterocycles. The molecule has 0 aliphatic heterocycles. The van der Waals surface area contributed by atoms with Gasteiger partial charge in [0.1, 0.15) is 9.21 Å². The zero-order valence-electron chi connectivity index (χ0n) is 9.39. The van der Waals surface area contributed by atoms with Crippen LogP contribution in [0.1, 0.15) is 15.9 Å². The van der Waals surface area contributed by atoms with E-state index in [-0.39, 0.29) is 5.91 Å². The Hall–Kier alpha value is -1.78. The van der Waals surface area contributed by atoms with E-state index >= 15 is 0 Å². The predicted molar refractivity (Wildman–Crippen MR) is 76.5 cm³/mol. The van der Waals surface area contributed by atoms with Gasteiger partial charge in [-0.05, 0) is 50.1 Å². The van der Waals surface area contributed by atoms with E-state index in [9.17, 15) is 4.79 Å². The number of rotatable bonds is 2. The van der Waals surface area contributed by atoms with Crippen molar-refractivity contribution in [2.45, 2.75) is 0 Å². The van der Waals surface area contributed by atoms with E-state index in [1.165, 1.54) is 12.3 Å². The number of nitriles is 1. The summed E-state index contributed by atoms with van der Waals surface area (Å²) in [5.74, 6) is -0.0371. The van der Waals surface area contributed by atoms with Crippen LogP contribution in [0.5, 0.6) is 0 Å². The molecular formula is C12H6Br2N4O. The highest BCUT2D eigenvalue weighted by atomic mass is 79.9. The van der Waals surface area contributed by atoms with Gasteiger partial charge in [0.2, 0.25) is 0 Å². The number of carbonyl (C=O) groups is 1. The average molecular weight is 382 g/mol. The van der Waals surface area contributed by atoms with E-state index < -0.39 is 0 Å². The molecule has 1 aromatic carbocycles. The van der Waals surface area contributed by atoms with Crippen molar-refractivity contribution >= 4 is 43.6 Å². The molecule has 2 rings (SSSR count). The van der Waals surface area contributed by atoms with Crippen molar-refractivity contribution in [3.63, 3.8) is 0 Å². The summed E-state index contributed by atoms with van der Waals surface area (Å²) < 4.78 is 0.982. The molecule has 1 amide bonds. The van der Waals surface area contributed by atoms with Crippen LogP contribution in [0.15, 0.2) is 39.7 Å². The number of nitrogens with zero attached hydrogens (tertiary/aromatic N) is 3. The molecule has 0 bridgehead atoms. The van der Waals surface area contributed by atoms with E-state index in [2.05, 4.69) is 47.1 Å². The van der Waals surface area contributed by atoms with Crippen molar-refractivity contribution in [3.05, 3.63) is 50.8 Å². The van der Waals surface area contributed by atoms with Gasteiger partial charge in [0, 0.05) is 5.56 Å². The van der Waals surface area contributed by atoms with Gasteiger partial charge >= 0.3 is 0 Å². The van der Waals surface area contributed by atoms with Gasteiger partial charge in [-0.1, -0.05) is 6.07 Å². The Morgan fingerprint density at radius 1 is 1.37 bits per heavy atom. The maximum absolute atomic E-state index is 12.0. The highest BCUT2D eigenvalue weighted by Gasteiger charge is 2.11. The van der Waals surface area contributed by atoms with Gasteiger partial charge in [0.25, 0.3) is 5.91 Å². The molecule has 0 unspecified atom stereocenters. The first kappa shape index (κ1) is 13.6. The van der Waals surface area contributed by atoms with Gasteiger partial charge in [-0.3, -0.25) is 4.79 Å². The van der Waals surface area contributed by atoms with Gasteiger partial charge < -0.3 is 5.32 Å². The number of aromatic nitrogens is 2. The molecule has 0 spiro atoms. The second kappa shape index (κ2) is 5.91. The van der Waals surface area contributed by atoms with E-state index in [1.807, 2.05) is 6.07 Å². The fraction of sp³-hybridized carbons (Fsp3) is 0. The molecule has 5 nitrogen and oxygen atoms in total. The van der Waals surface area contributed by atoms with Crippen molar-refractivity contribution in [1.82, 2.24) is 9.97 Å². The van der Waals surface area contributed by atoms with Crippen molar-refractivity contribution in [2.75, 3.05) is 5.32 Å². The molecule has 0 radical (unpaired) electrons. The number of anilines is 1. The summed E-state index contributed by atoms with van der Waals surface area (Å²) in [6, 6.07) is 8.39. The second-order valence-electron chi connectivity index (χ2n) is 3.48. The molecule has 1 aromatic heterocycles. The smallest absolute Gasteiger partial charge is 0.256 e. The fourth-order valence-corrected chi connectivity index (χ4v) is 2.25. The number of nitrogens with one attached hydrogen (secondary N) is 1. The van der Waals surface area contributed by atoms with Gasteiger partial charge in [-0.15, -0.1) is 0 Å². The van der Waals surface area contributed by atoms with Crippen LogP contribution in [-0.2, 0) is 0 Å². The van der Waals surface area contributed by atoms with Crippen LogP contribution in [0, 0.1) is 11.3 Å². The van der Waals surface area contributed by atoms with Gasteiger partial charge in [-0.25, -0.2) is 9.97 Å². The zero-order valence-corrected chi connectivity index (χ0v) is 12.6. The zero-order chi connectivity index (χ0) is 13.8. The molecule has 0 atom stereocenters. The predicted octanol–water partition coefficient (Wildman–Crippen LogP) is 3.13. The summed E-state index contributed by atoms with van der Waals surface area (Å²) in [6.45, 7) is 0. The van der Waals surface area contributed by atoms with E-state index in [0.717, 1.165) is 0 Å². The average Bonchev–Trinajstić information content (AvgIpc) is 2.42. The highest BCUT2D eigenvalue weighted by molar-refractivity contribution is 9.11. The lowest BCUT2D eigenvalue weighted by Gasteiger charge is -2.06. The summed E-state index contributed by atoms with van der Waals surface area (Å²) >= 11 is 6.38. The maximum atomic E-state index is 12.0. The minimum atomic E-state index is -0.352. The van der Waals surface area contributed by atoms with Crippen LogP contribution in [0.25, 0.3) is 0 Å². The maximum Gasteiger partial charge on any atom is 0.256 e. The standard InChI is InChI=1S/C12H6Br2N4O/c13-9-6-16-11(10(14)17-9)18-12(19)8-3-1-2-7(4-8)5-15/h1-4,6H,(H,16,18,19). The first-order chi connectivity index (χ1) is 9.10. The number of halogens is 2. The Morgan fingerprint density at radius 2 is 2.16 bits per heavy atom. The normalized spacial score (nSPS) is 9.74. The molecule has 0 aliphatic rings. The molecule has 7 heteroatoms. The molecule has 0 saturated carbocycles. The van der Waals surface area contributed by atoms with Crippen LogP contribution < -0.4 is 5.32 Å². The third-order valence-corrected chi connectivity index (χ3v) is 3.12. The molecule has 19 heavy (non-hydrogen) atoms. The van der Waals surface area contributed by atoms with E-state index in [4.69, 9.17) is 5.26 Å².